The van der Waals surface area contributed by atoms with E-state index < -0.39 is 4.92 Å². The van der Waals surface area contributed by atoms with Crippen molar-refractivity contribution in [3.05, 3.63) is 57.6 Å². The number of phenols is 1. The fourth-order valence-corrected chi connectivity index (χ4v) is 2.43. The van der Waals surface area contributed by atoms with Gasteiger partial charge in [-0.3, -0.25) is 10.1 Å². The lowest BCUT2D eigenvalue weighted by Crippen LogP contribution is -1.90. The molecule has 0 aliphatic heterocycles. The molecule has 0 aliphatic rings. The van der Waals surface area contributed by atoms with Crippen molar-refractivity contribution in [1.29, 1.82) is 0 Å². The zero-order chi connectivity index (χ0) is 13.1. The van der Waals surface area contributed by atoms with Crippen molar-refractivity contribution in [2.24, 2.45) is 0 Å². The molecule has 1 N–H and O–H groups in total. The van der Waals surface area contributed by atoms with E-state index >= 15 is 0 Å². The van der Waals surface area contributed by atoms with Gasteiger partial charge in [-0.25, -0.2) is 0 Å². The molecule has 0 atom stereocenters. The minimum absolute atomic E-state index is 0.0272. The van der Waals surface area contributed by atoms with E-state index in [2.05, 4.69) is 0 Å². The third kappa shape index (κ3) is 2.94. The quantitative estimate of drug-likeness (QED) is 0.679. The van der Waals surface area contributed by atoms with E-state index in [9.17, 15) is 10.1 Å². The first-order valence-electron chi connectivity index (χ1n) is 4.97. The summed E-state index contributed by atoms with van der Waals surface area (Å²) in [4.78, 5) is 11.8. The standard InChI is InChI=1S/C12H8ClNO3S/c13-8-1-6-12(11(7-8)14(16)17)18-10-4-2-9(15)3-5-10/h1-7,15H. The predicted molar refractivity (Wildman–Crippen MR) is 70.3 cm³/mol. The number of nitro benzene ring substituents is 1. The van der Waals surface area contributed by atoms with Crippen LogP contribution in [0.25, 0.3) is 0 Å². The van der Waals surface area contributed by atoms with Crippen LogP contribution < -0.4 is 0 Å². The number of hydrogen-bond acceptors (Lipinski definition) is 4. The minimum Gasteiger partial charge on any atom is -0.508 e. The molecule has 92 valence electrons. The molecule has 2 aromatic rings. The van der Waals surface area contributed by atoms with Crippen molar-refractivity contribution in [3.8, 4) is 5.75 Å². The van der Waals surface area contributed by atoms with E-state index in [-0.39, 0.29) is 11.4 Å². The monoisotopic (exact) mass is 281 g/mol. The Labute approximate surface area is 112 Å². The van der Waals surface area contributed by atoms with Crippen LogP contribution in [0.1, 0.15) is 0 Å². The lowest BCUT2D eigenvalue weighted by Gasteiger charge is -2.03. The number of halogens is 1. The van der Waals surface area contributed by atoms with Gasteiger partial charge in [-0.1, -0.05) is 23.4 Å². The molecule has 0 radical (unpaired) electrons. The van der Waals surface area contributed by atoms with Crippen molar-refractivity contribution >= 4 is 29.1 Å². The van der Waals surface area contributed by atoms with E-state index in [1.165, 1.54) is 30.0 Å². The highest BCUT2D eigenvalue weighted by molar-refractivity contribution is 7.99. The Morgan fingerprint density at radius 1 is 1.17 bits per heavy atom. The van der Waals surface area contributed by atoms with Crippen LogP contribution in [-0.2, 0) is 0 Å². The summed E-state index contributed by atoms with van der Waals surface area (Å²) >= 11 is 6.99. The second-order valence-corrected chi connectivity index (χ2v) is 5.02. The summed E-state index contributed by atoms with van der Waals surface area (Å²) in [7, 11) is 0. The number of rotatable bonds is 3. The van der Waals surface area contributed by atoms with Crippen LogP contribution in [0.15, 0.2) is 52.3 Å². The van der Waals surface area contributed by atoms with E-state index in [4.69, 9.17) is 16.7 Å². The summed E-state index contributed by atoms with van der Waals surface area (Å²) in [6, 6.07) is 11.0. The van der Waals surface area contributed by atoms with Crippen molar-refractivity contribution in [2.45, 2.75) is 9.79 Å². The number of phenolic OH excluding ortho intramolecular Hbond substituents is 1. The van der Waals surface area contributed by atoms with Crippen LogP contribution in [0.2, 0.25) is 5.02 Å². The molecule has 0 unspecified atom stereocenters. The summed E-state index contributed by atoms with van der Waals surface area (Å²) in [5.74, 6) is 0.157. The molecule has 0 spiro atoms. The molecule has 0 heterocycles. The fraction of sp³-hybridized carbons (Fsp3) is 0. The molecular formula is C12H8ClNO3S. The number of nitrogens with zero attached hydrogens (tertiary/aromatic N) is 1. The second-order valence-electron chi connectivity index (χ2n) is 3.47. The van der Waals surface area contributed by atoms with Gasteiger partial charge in [0.15, 0.2) is 0 Å². The Bertz CT molecular complexity index is 586. The Kier molecular flexibility index (Phi) is 3.74. The number of nitro groups is 1. The first-order valence-corrected chi connectivity index (χ1v) is 6.16. The molecule has 0 saturated heterocycles. The average molecular weight is 282 g/mol. The van der Waals surface area contributed by atoms with Crippen LogP contribution >= 0.6 is 23.4 Å². The molecule has 0 fully saturated rings. The first-order chi connectivity index (χ1) is 8.56. The zero-order valence-corrected chi connectivity index (χ0v) is 10.6. The van der Waals surface area contributed by atoms with Crippen LogP contribution in [-0.4, -0.2) is 10.0 Å². The summed E-state index contributed by atoms with van der Waals surface area (Å²) in [6.07, 6.45) is 0. The maximum atomic E-state index is 10.9. The van der Waals surface area contributed by atoms with Gasteiger partial charge in [-0.2, -0.15) is 0 Å². The van der Waals surface area contributed by atoms with Crippen molar-refractivity contribution < 1.29 is 10.0 Å². The van der Waals surface area contributed by atoms with Gasteiger partial charge in [0, 0.05) is 16.0 Å². The Morgan fingerprint density at radius 3 is 2.44 bits per heavy atom. The molecule has 2 aromatic carbocycles. The average Bonchev–Trinajstić information content (AvgIpc) is 2.34. The Hall–Kier alpha value is -1.72. The highest BCUT2D eigenvalue weighted by Gasteiger charge is 2.15. The molecule has 18 heavy (non-hydrogen) atoms. The summed E-state index contributed by atoms with van der Waals surface area (Å²) in [5, 5.41) is 20.4. The maximum Gasteiger partial charge on any atom is 0.284 e. The molecule has 0 aliphatic carbocycles. The SMILES string of the molecule is O=[N+]([O-])c1cc(Cl)ccc1Sc1ccc(O)cc1. The van der Waals surface area contributed by atoms with Gasteiger partial charge < -0.3 is 5.11 Å². The van der Waals surface area contributed by atoms with Gasteiger partial charge >= 0.3 is 0 Å². The largest absolute Gasteiger partial charge is 0.508 e. The second kappa shape index (κ2) is 5.29. The molecule has 2 rings (SSSR count). The summed E-state index contributed by atoms with van der Waals surface area (Å²) < 4.78 is 0. The lowest BCUT2D eigenvalue weighted by molar-refractivity contribution is -0.387. The van der Waals surface area contributed by atoms with Crippen LogP contribution in [0.5, 0.6) is 5.75 Å². The van der Waals surface area contributed by atoms with E-state index in [1.54, 1.807) is 24.3 Å². The van der Waals surface area contributed by atoms with Gasteiger partial charge in [0.2, 0.25) is 0 Å². The highest BCUT2D eigenvalue weighted by Crippen LogP contribution is 2.36. The van der Waals surface area contributed by atoms with Crippen LogP contribution in [0, 0.1) is 10.1 Å². The molecule has 6 heteroatoms. The highest BCUT2D eigenvalue weighted by atomic mass is 35.5. The van der Waals surface area contributed by atoms with Gasteiger partial charge in [-0.05, 0) is 36.4 Å². The Balaban J connectivity index is 2.34. The normalized spacial score (nSPS) is 10.3. The third-order valence-electron chi connectivity index (χ3n) is 2.18. The van der Waals surface area contributed by atoms with Gasteiger partial charge in [0.05, 0.1) is 9.82 Å². The van der Waals surface area contributed by atoms with Crippen LogP contribution in [0.3, 0.4) is 0 Å². The molecule has 0 aromatic heterocycles. The van der Waals surface area contributed by atoms with E-state index in [1.807, 2.05) is 0 Å². The summed E-state index contributed by atoms with van der Waals surface area (Å²) in [6.45, 7) is 0. The molecule has 0 bridgehead atoms. The van der Waals surface area contributed by atoms with Crippen molar-refractivity contribution in [3.63, 3.8) is 0 Å². The van der Waals surface area contributed by atoms with Crippen molar-refractivity contribution in [1.82, 2.24) is 0 Å². The summed E-state index contributed by atoms with van der Waals surface area (Å²) in [5.41, 5.74) is -0.0272. The zero-order valence-electron chi connectivity index (χ0n) is 9.04. The number of benzene rings is 2. The third-order valence-corrected chi connectivity index (χ3v) is 3.49. The van der Waals surface area contributed by atoms with E-state index in [0.29, 0.717) is 9.92 Å². The van der Waals surface area contributed by atoms with Gasteiger partial charge in [-0.15, -0.1) is 0 Å². The maximum absolute atomic E-state index is 10.9. The van der Waals surface area contributed by atoms with Gasteiger partial charge in [0.25, 0.3) is 5.69 Å². The van der Waals surface area contributed by atoms with Crippen LogP contribution in [0.4, 0.5) is 5.69 Å². The Morgan fingerprint density at radius 2 is 1.83 bits per heavy atom. The topological polar surface area (TPSA) is 63.4 Å². The first kappa shape index (κ1) is 12.7. The van der Waals surface area contributed by atoms with Crippen molar-refractivity contribution in [2.75, 3.05) is 0 Å². The van der Waals surface area contributed by atoms with E-state index in [0.717, 1.165) is 4.90 Å². The van der Waals surface area contributed by atoms with Gasteiger partial charge in [0.1, 0.15) is 5.75 Å². The smallest absolute Gasteiger partial charge is 0.284 e. The fourth-order valence-electron chi connectivity index (χ4n) is 1.36. The lowest BCUT2D eigenvalue weighted by atomic mass is 10.3. The molecule has 0 amide bonds. The number of aromatic hydroxyl groups is 1. The molecule has 4 nitrogen and oxygen atoms in total. The number of hydrogen-bond donors (Lipinski definition) is 1. The predicted octanol–water partition coefficient (Wildman–Crippen LogP) is 4.11. The molecular weight excluding hydrogens is 274 g/mol. The molecule has 0 saturated carbocycles. The minimum atomic E-state index is -0.464.